The first-order chi connectivity index (χ1) is 29.4. The molecule has 0 N–H and O–H groups in total. The van der Waals surface area contributed by atoms with E-state index in [1.165, 1.54) is 49.9 Å². The van der Waals surface area contributed by atoms with Gasteiger partial charge in [-0.1, -0.05) is 129 Å². The smallest absolute Gasteiger partial charge is 0.135 e. The third-order valence-corrected chi connectivity index (χ3v) is 12.4. The van der Waals surface area contributed by atoms with Gasteiger partial charge >= 0.3 is 0 Å². The Labute approximate surface area is 348 Å². The maximum absolute atomic E-state index is 6.60. The van der Waals surface area contributed by atoms with E-state index in [9.17, 15) is 0 Å². The summed E-state index contributed by atoms with van der Waals surface area (Å²) in [7, 11) is 0. The molecule has 10 aromatic rings. The van der Waals surface area contributed by atoms with E-state index in [4.69, 9.17) is 13.3 Å². The van der Waals surface area contributed by atoms with Crippen LogP contribution in [-0.4, -0.2) is 0 Å². The third kappa shape index (κ3) is 5.65. The highest BCUT2D eigenvalue weighted by Crippen LogP contribution is 2.54. The molecule has 0 saturated carbocycles. The lowest BCUT2D eigenvalue weighted by Gasteiger charge is -2.23. The zero-order valence-corrected chi connectivity index (χ0v) is 34.0. The molecule has 0 radical (unpaired) electrons. The number of furan rings is 3. The van der Waals surface area contributed by atoms with Crippen molar-refractivity contribution < 1.29 is 13.3 Å². The van der Waals surface area contributed by atoms with Crippen LogP contribution in [0, 0.1) is 0 Å². The fourth-order valence-electron chi connectivity index (χ4n) is 9.43. The van der Waals surface area contributed by atoms with Crippen molar-refractivity contribution in [2.45, 2.75) is 33.1 Å². The summed E-state index contributed by atoms with van der Waals surface area (Å²) in [5.74, 6) is 0.839. The Morgan fingerprint density at radius 3 is 1.58 bits per heavy atom. The van der Waals surface area contributed by atoms with Crippen LogP contribution in [0.2, 0.25) is 0 Å². The molecule has 3 heterocycles. The first-order valence-electron chi connectivity index (χ1n) is 20.7. The van der Waals surface area contributed by atoms with Crippen molar-refractivity contribution in [1.29, 1.82) is 0 Å². The topological polar surface area (TPSA) is 39.4 Å². The molecule has 7 aromatic carbocycles. The lowest BCUT2D eigenvalue weighted by molar-refractivity contribution is 0.603. The zero-order valence-electron chi connectivity index (χ0n) is 34.0. The number of fused-ring (bicyclic) bond motifs is 11. The molecule has 11 rings (SSSR count). The molecule has 0 spiro atoms. The van der Waals surface area contributed by atoms with Gasteiger partial charge in [-0.25, -0.2) is 0 Å². The molecule has 1 aliphatic rings. The maximum Gasteiger partial charge on any atom is 0.135 e. The van der Waals surface area contributed by atoms with Crippen molar-refractivity contribution in [3.8, 4) is 44.5 Å². The van der Waals surface area contributed by atoms with Crippen LogP contribution in [0.15, 0.2) is 183 Å². The van der Waals surface area contributed by atoms with E-state index < -0.39 is 0 Å². The molecule has 0 aliphatic heterocycles. The van der Waals surface area contributed by atoms with Crippen molar-refractivity contribution in [2.24, 2.45) is 0 Å². The lowest BCUT2D eigenvalue weighted by atomic mass is 9.79. The van der Waals surface area contributed by atoms with Gasteiger partial charge in [0.05, 0.1) is 0 Å². The summed E-state index contributed by atoms with van der Waals surface area (Å²) in [4.78, 5) is 0. The molecule has 1 aliphatic carbocycles. The summed E-state index contributed by atoms with van der Waals surface area (Å²) in [5.41, 5.74) is 17.4. The Hall–Kier alpha value is -7.36. The molecule has 0 atom stereocenters. The fraction of sp³-hybridized carbons (Fsp3) is 0.0877. The number of allylic oxidation sites excluding steroid dienone is 6. The van der Waals surface area contributed by atoms with E-state index in [0.717, 1.165) is 71.9 Å². The highest BCUT2D eigenvalue weighted by Gasteiger charge is 2.38. The summed E-state index contributed by atoms with van der Waals surface area (Å²) < 4.78 is 19.3. The minimum Gasteiger partial charge on any atom is -0.456 e. The molecule has 0 unspecified atom stereocenters. The van der Waals surface area contributed by atoms with E-state index in [2.05, 4.69) is 159 Å². The first-order valence-corrected chi connectivity index (χ1v) is 20.7. The van der Waals surface area contributed by atoms with Crippen molar-refractivity contribution >= 4 is 67.0 Å². The van der Waals surface area contributed by atoms with Crippen LogP contribution >= 0.6 is 0 Å². The van der Waals surface area contributed by atoms with Gasteiger partial charge in [-0.05, 0) is 136 Å². The number of rotatable bonds is 7. The van der Waals surface area contributed by atoms with Crippen LogP contribution in [-0.2, 0) is 5.41 Å². The molecule has 60 heavy (non-hydrogen) atoms. The van der Waals surface area contributed by atoms with Gasteiger partial charge in [0.15, 0.2) is 0 Å². The second-order valence-corrected chi connectivity index (χ2v) is 16.3. The Bertz CT molecular complexity index is 3460. The summed E-state index contributed by atoms with van der Waals surface area (Å²) in [6.07, 6.45) is 16.4. The van der Waals surface area contributed by atoms with Gasteiger partial charge in [0, 0.05) is 37.9 Å². The molecule has 0 bridgehead atoms. The molecular formula is C57H42O3. The van der Waals surface area contributed by atoms with Crippen molar-refractivity contribution in [2.75, 3.05) is 0 Å². The Morgan fingerprint density at radius 2 is 0.917 bits per heavy atom. The Morgan fingerprint density at radius 1 is 0.417 bits per heavy atom. The average Bonchev–Trinajstić information content (AvgIpc) is 4.00. The van der Waals surface area contributed by atoms with Crippen LogP contribution in [0.1, 0.15) is 50.1 Å². The van der Waals surface area contributed by atoms with E-state index in [-0.39, 0.29) is 5.41 Å². The Kier molecular flexibility index (Phi) is 8.28. The van der Waals surface area contributed by atoms with Crippen molar-refractivity contribution in [3.63, 3.8) is 0 Å². The van der Waals surface area contributed by atoms with Gasteiger partial charge in [-0.15, -0.1) is 0 Å². The first kappa shape index (κ1) is 35.8. The molecule has 0 fully saturated rings. The van der Waals surface area contributed by atoms with E-state index in [1.807, 2.05) is 50.3 Å². The number of hydrogen-bond donors (Lipinski definition) is 0. The van der Waals surface area contributed by atoms with E-state index >= 15 is 0 Å². The molecule has 3 heteroatoms. The highest BCUT2D eigenvalue weighted by atomic mass is 16.3. The minimum absolute atomic E-state index is 0.273. The van der Waals surface area contributed by atoms with Gasteiger partial charge < -0.3 is 13.3 Å². The van der Waals surface area contributed by atoms with E-state index in [1.54, 1.807) is 0 Å². The third-order valence-electron chi connectivity index (χ3n) is 12.4. The summed E-state index contributed by atoms with van der Waals surface area (Å²) in [6.45, 7) is 8.76. The van der Waals surface area contributed by atoms with Gasteiger partial charge in [-0.3, -0.25) is 0 Å². The second-order valence-electron chi connectivity index (χ2n) is 16.3. The normalized spacial score (nSPS) is 13.9. The zero-order chi connectivity index (χ0) is 40.5. The largest absolute Gasteiger partial charge is 0.456 e. The average molecular weight is 775 g/mol. The monoisotopic (exact) mass is 774 g/mol. The predicted molar refractivity (Wildman–Crippen MR) is 252 cm³/mol. The van der Waals surface area contributed by atoms with Gasteiger partial charge in [-0.2, -0.15) is 0 Å². The Balaban J connectivity index is 1.00. The van der Waals surface area contributed by atoms with E-state index in [0.29, 0.717) is 0 Å². The number of hydrogen-bond acceptors (Lipinski definition) is 3. The quantitative estimate of drug-likeness (QED) is 0.151. The van der Waals surface area contributed by atoms with Crippen LogP contribution in [0.5, 0.6) is 0 Å². The van der Waals surface area contributed by atoms with Crippen LogP contribution in [0.4, 0.5) is 0 Å². The SMILES string of the molecule is C/C=C\C=C/c1oc2ccc(-c3ccc4oc5ccc6c(c5c4c3)C(C)(C)c3cc(-c4ccc5oc7ccc(-c8ccccc8)cc7c5c4)ccc3-6)cc2c1/C=C/C=C/C. The second kappa shape index (κ2) is 13.9. The van der Waals surface area contributed by atoms with Gasteiger partial charge in [0.2, 0.25) is 0 Å². The molecule has 288 valence electrons. The molecule has 0 saturated heterocycles. The summed E-state index contributed by atoms with van der Waals surface area (Å²) in [5, 5.41) is 5.65. The summed E-state index contributed by atoms with van der Waals surface area (Å²) in [6, 6.07) is 48.1. The highest BCUT2D eigenvalue weighted by molar-refractivity contribution is 6.12. The molecule has 3 nitrogen and oxygen atoms in total. The number of benzene rings is 7. The molecule has 3 aromatic heterocycles. The minimum atomic E-state index is -0.273. The maximum atomic E-state index is 6.60. The van der Waals surface area contributed by atoms with Crippen LogP contribution in [0.3, 0.4) is 0 Å². The van der Waals surface area contributed by atoms with Crippen molar-refractivity contribution in [1.82, 2.24) is 0 Å². The standard InChI is InChI=1S/C57H42O3/c1-5-7-10-16-42-44-31-37(20-26-50(44)58-49(42)17-11-8-6-2)39-22-28-53-47(33-39)55-54(60-53)29-24-43-41-23-18-40(34-48(41)57(3,4)56(43)55)38-21-27-52-46(32-38)45-30-36(19-25-51(45)59-52)35-14-12-9-13-15-35/h5-34H,1-4H3/b7-5+,8-6-,16-10+,17-11-. The fourth-order valence-corrected chi connectivity index (χ4v) is 9.43. The lowest BCUT2D eigenvalue weighted by Crippen LogP contribution is -2.15. The van der Waals surface area contributed by atoms with Gasteiger partial charge in [0.25, 0.3) is 0 Å². The van der Waals surface area contributed by atoms with Crippen molar-refractivity contribution in [3.05, 3.63) is 192 Å². The van der Waals surface area contributed by atoms with Gasteiger partial charge in [0.1, 0.15) is 33.7 Å². The van der Waals surface area contributed by atoms with Crippen LogP contribution in [0.25, 0.3) is 112 Å². The molecule has 0 amide bonds. The molecular weight excluding hydrogens is 733 g/mol. The van der Waals surface area contributed by atoms with Crippen LogP contribution < -0.4 is 0 Å². The summed E-state index contributed by atoms with van der Waals surface area (Å²) >= 11 is 0. The predicted octanol–water partition coefficient (Wildman–Crippen LogP) is 16.7.